The van der Waals surface area contributed by atoms with Gasteiger partial charge in [-0.3, -0.25) is 4.79 Å². The minimum atomic E-state index is -3.85. The van der Waals surface area contributed by atoms with Crippen molar-refractivity contribution < 1.29 is 22.0 Å². The molecule has 1 N–H and O–H groups in total. The van der Waals surface area contributed by atoms with Crippen molar-refractivity contribution in [2.24, 2.45) is 0 Å². The van der Waals surface area contributed by atoms with E-state index in [0.717, 1.165) is 0 Å². The summed E-state index contributed by atoms with van der Waals surface area (Å²) in [6, 6.07) is 14.0. The number of carbonyl (C=O) groups excluding carboxylic acids is 1. The van der Waals surface area contributed by atoms with Gasteiger partial charge in [-0.25, -0.2) is 17.5 Å². The molecule has 0 fully saturated rings. The largest absolute Gasteiger partial charge is 0.464 e. The summed E-state index contributed by atoms with van der Waals surface area (Å²) in [5.74, 6) is -0.852. The molecular formula is C19H16FNO4S. The Labute approximate surface area is 150 Å². The van der Waals surface area contributed by atoms with E-state index >= 15 is 0 Å². The van der Waals surface area contributed by atoms with E-state index in [9.17, 15) is 17.6 Å². The fourth-order valence-electron chi connectivity index (χ4n) is 2.50. The van der Waals surface area contributed by atoms with Crippen LogP contribution in [0.3, 0.4) is 0 Å². The number of halogens is 1. The Kier molecular flexibility index (Phi) is 5.01. The summed E-state index contributed by atoms with van der Waals surface area (Å²) in [6.07, 6.45) is 1.48. The molecule has 134 valence electrons. The Balaban J connectivity index is 1.84. The van der Waals surface area contributed by atoms with Crippen molar-refractivity contribution >= 4 is 15.8 Å². The van der Waals surface area contributed by atoms with Crippen LogP contribution in [0.1, 0.15) is 15.9 Å². The van der Waals surface area contributed by atoms with Crippen LogP contribution in [0.4, 0.5) is 4.39 Å². The van der Waals surface area contributed by atoms with E-state index in [-0.39, 0.29) is 16.0 Å². The van der Waals surface area contributed by atoms with Gasteiger partial charge in [-0.05, 0) is 48.9 Å². The molecule has 0 spiro atoms. The molecule has 5 nitrogen and oxygen atoms in total. The zero-order valence-corrected chi connectivity index (χ0v) is 14.7. The number of furan rings is 1. The average molecular weight is 373 g/mol. The second kappa shape index (κ2) is 7.23. The first kappa shape index (κ1) is 18.0. The molecule has 3 rings (SSSR count). The van der Waals surface area contributed by atoms with Gasteiger partial charge in [-0.15, -0.1) is 0 Å². The van der Waals surface area contributed by atoms with Gasteiger partial charge in [0, 0.05) is 5.56 Å². The number of carbonyl (C=O) groups is 1. The van der Waals surface area contributed by atoms with Crippen LogP contribution >= 0.6 is 0 Å². The molecule has 3 aromatic rings. The third-order valence-corrected chi connectivity index (χ3v) is 5.25. The molecule has 7 heteroatoms. The molecule has 26 heavy (non-hydrogen) atoms. The molecule has 0 bridgehead atoms. The first-order chi connectivity index (χ1) is 12.4. The van der Waals surface area contributed by atoms with E-state index in [1.54, 1.807) is 36.4 Å². The van der Waals surface area contributed by atoms with Gasteiger partial charge in [0.1, 0.15) is 11.6 Å². The average Bonchev–Trinajstić information content (AvgIpc) is 3.17. The minimum Gasteiger partial charge on any atom is -0.464 e. The van der Waals surface area contributed by atoms with Crippen molar-refractivity contribution in [2.45, 2.75) is 11.8 Å². The first-order valence-electron chi connectivity index (χ1n) is 7.80. The third-order valence-electron chi connectivity index (χ3n) is 3.84. The number of hydrogen-bond donors (Lipinski definition) is 1. The zero-order chi connectivity index (χ0) is 18.7. The molecule has 1 heterocycles. The van der Waals surface area contributed by atoms with E-state index in [1.807, 2.05) is 0 Å². The van der Waals surface area contributed by atoms with Crippen LogP contribution in [0.25, 0.3) is 11.3 Å². The molecule has 0 saturated carbocycles. The Hall–Kier alpha value is -2.77. The highest BCUT2D eigenvalue weighted by atomic mass is 32.2. The highest BCUT2D eigenvalue weighted by molar-refractivity contribution is 7.89. The Morgan fingerprint density at radius 3 is 2.50 bits per heavy atom. The lowest BCUT2D eigenvalue weighted by molar-refractivity contribution is 0.0993. The summed E-state index contributed by atoms with van der Waals surface area (Å²) in [4.78, 5) is 12.5. The SMILES string of the molecule is Cc1cc(-c2ccco2)cc(C(=O)CNS(=O)(=O)c2ccccc2)c1F. The van der Waals surface area contributed by atoms with Gasteiger partial charge >= 0.3 is 0 Å². The standard InChI is InChI=1S/C19H16FNO4S/c1-13-10-14(18-8-5-9-25-18)11-16(19(13)20)17(22)12-21-26(23,24)15-6-3-2-4-7-15/h2-11,21H,12H2,1H3. The number of Topliss-reactive ketones (excluding diaryl/α,β-unsaturated/α-hetero) is 1. The van der Waals surface area contributed by atoms with Crippen molar-refractivity contribution in [2.75, 3.05) is 6.54 Å². The van der Waals surface area contributed by atoms with Crippen LogP contribution in [0.5, 0.6) is 0 Å². The monoisotopic (exact) mass is 373 g/mol. The molecule has 0 aliphatic carbocycles. The molecular weight excluding hydrogens is 357 g/mol. The highest BCUT2D eigenvalue weighted by Crippen LogP contribution is 2.25. The van der Waals surface area contributed by atoms with E-state index in [1.165, 1.54) is 31.4 Å². The number of aryl methyl sites for hydroxylation is 1. The molecule has 0 atom stereocenters. The predicted molar refractivity (Wildman–Crippen MR) is 94.8 cm³/mol. The molecule has 0 aliphatic heterocycles. The zero-order valence-electron chi connectivity index (χ0n) is 13.9. The van der Waals surface area contributed by atoms with Gasteiger partial charge in [0.25, 0.3) is 0 Å². The highest BCUT2D eigenvalue weighted by Gasteiger charge is 2.20. The molecule has 0 unspecified atom stereocenters. The summed E-state index contributed by atoms with van der Waals surface area (Å²) in [5.41, 5.74) is 0.628. The number of rotatable bonds is 6. The maximum Gasteiger partial charge on any atom is 0.240 e. The Morgan fingerprint density at radius 1 is 1.12 bits per heavy atom. The van der Waals surface area contributed by atoms with Gasteiger partial charge in [-0.2, -0.15) is 0 Å². The molecule has 1 aromatic heterocycles. The molecule has 0 saturated heterocycles. The van der Waals surface area contributed by atoms with E-state index in [4.69, 9.17) is 4.42 Å². The van der Waals surface area contributed by atoms with Crippen molar-refractivity contribution in [3.05, 3.63) is 77.8 Å². The number of ketones is 1. The molecule has 2 aromatic carbocycles. The van der Waals surface area contributed by atoms with Crippen LogP contribution < -0.4 is 4.72 Å². The maximum absolute atomic E-state index is 14.4. The lowest BCUT2D eigenvalue weighted by Gasteiger charge is -2.09. The predicted octanol–water partition coefficient (Wildman–Crippen LogP) is 3.56. The minimum absolute atomic E-state index is 0.0359. The van der Waals surface area contributed by atoms with E-state index in [0.29, 0.717) is 11.3 Å². The Bertz CT molecular complexity index is 1030. The summed E-state index contributed by atoms with van der Waals surface area (Å²) in [6.45, 7) is 0.988. The van der Waals surface area contributed by atoms with Gasteiger partial charge in [-0.1, -0.05) is 18.2 Å². The summed E-state index contributed by atoms with van der Waals surface area (Å²) < 4.78 is 46.3. The molecule has 0 amide bonds. The summed E-state index contributed by atoms with van der Waals surface area (Å²) in [7, 11) is -3.85. The van der Waals surface area contributed by atoms with Crippen LogP contribution in [-0.4, -0.2) is 20.7 Å². The lowest BCUT2D eigenvalue weighted by Crippen LogP contribution is -2.30. The van der Waals surface area contributed by atoms with Gasteiger partial charge in [0.05, 0.1) is 23.3 Å². The van der Waals surface area contributed by atoms with Crippen molar-refractivity contribution in [1.82, 2.24) is 4.72 Å². The van der Waals surface area contributed by atoms with E-state index < -0.39 is 28.2 Å². The third kappa shape index (κ3) is 3.74. The summed E-state index contributed by atoms with van der Waals surface area (Å²) >= 11 is 0. The fraction of sp³-hybridized carbons (Fsp3) is 0.105. The first-order valence-corrected chi connectivity index (χ1v) is 9.29. The van der Waals surface area contributed by atoms with Crippen LogP contribution in [0.15, 0.2) is 70.2 Å². The second-order valence-corrected chi connectivity index (χ2v) is 7.46. The fourth-order valence-corrected chi connectivity index (χ4v) is 3.50. The van der Waals surface area contributed by atoms with Gasteiger partial charge < -0.3 is 4.42 Å². The molecule has 0 radical (unpaired) electrons. The number of benzene rings is 2. The summed E-state index contributed by atoms with van der Waals surface area (Å²) in [5, 5.41) is 0. The topological polar surface area (TPSA) is 76.4 Å². The quantitative estimate of drug-likeness (QED) is 0.671. The van der Waals surface area contributed by atoms with Crippen molar-refractivity contribution in [3.8, 4) is 11.3 Å². The van der Waals surface area contributed by atoms with Crippen LogP contribution in [0.2, 0.25) is 0 Å². The second-order valence-electron chi connectivity index (χ2n) is 5.69. The van der Waals surface area contributed by atoms with Crippen molar-refractivity contribution in [3.63, 3.8) is 0 Å². The number of sulfonamides is 1. The lowest BCUT2D eigenvalue weighted by atomic mass is 10.0. The van der Waals surface area contributed by atoms with Crippen molar-refractivity contribution in [1.29, 1.82) is 0 Å². The normalized spacial score (nSPS) is 11.5. The smallest absolute Gasteiger partial charge is 0.240 e. The van der Waals surface area contributed by atoms with Gasteiger partial charge in [0.15, 0.2) is 5.78 Å². The maximum atomic E-state index is 14.4. The number of hydrogen-bond acceptors (Lipinski definition) is 4. The van der Waals surface area contributed by atoms with Crippen LogP contribution in [-0.2, 0) is 10.0 Å². The number of nitrogens with one attached hydrogen (secondary N) is 1. The van der Waals surface area contributed by atoms with E-state index in [2.05, 4.69) is 4.72 Å². The molecule has 0 aliphatic rings. The van der Waals surface area contributed by atoms with Gasteiger partial charge in [0.2, 0.25) is 10.0 Å². The Morgan fingerprint density at radius 2 is 1.85 bits per heavy atom. The van der Waals surface area contributed by atoms with Crippen LogP contribution in [0, 0.1) is 12.7 Å².